The molecule has 0 saturated carbocycles. The summed E-state index contributed by atoms with van der Waals surface area (Å²) in [5.41, 5.74) is 2.35. The topological polar surface area (TPSA) is 80.9 Å². The Morgan fingerprint density at radius 3 is 2.92 bits per heavy atom. The van der Waals surface area contributed by atoms with Crippen molar-refractivity contribution in [3.63, 3.8) is 0 Å². The lowest BCUT2D eigenvalue weighted by atomic mass is 10.1. The zero-order chi connectivity index (χ0) is 18.3. The van der Waals surface area contributed by atoms with E-state index in [1.807, 2.05) is 43.9 Å². The van der Waals surface area contributed by atoms with Crippen LogP contribution in [0.3, 0.4) is 0 Å². The van der Waals surface area contributed by atoms with Crippen LogP contribution in [0.2, 0.25) is 0 Å². The Hall–Kier alpha value is -2.90. The minimum Gasteiger partial charge on any atom is -0.354 e. The van der Waals surface area contributed by atoms with Crippen LogP contribution >= 0.6 is 0 Å². The molecule has 0 spiro atoms. The van der Waals surface area contributed by atoms with Gasteiger partial charge in [0.2, 0.25) is 0 Å². The predicted molar refractivity (Wildman–Crippen MR) is 99.2 cm³/mol. The molecule has 1 unspecified atom stereocenters. The van der Waals surface area contributed by atoms with Gasteiger partial charge in [-0.15, -0.1) is 0 Å². The first kappa shape index (κ1) is 16.6. The Morgan fingerprint density at radius 1 is 1.31 bits per heavy atom. The second-order valence-corrected chi connectivity index (χ2v) is 6.91. The van der Waals surface area contributed by atoms with E-state index in [0.717, 1.165) is 48.5 Å². The van der Waals surface area contributed by atoms with Gasteiger partial charge in [0.05, 0.1) is 5.39 Å². The predicted octanol–water partition coefficient (Wildman–Crippen LogP) is 1.41. The van der Waals surface area contributed by atoms with Crippen molar-refractivity contribution in [2.75, 3.05) is 18.0 Å². The first-order valence-electron chi connectivity index (χ1n) is 8.85. The molecule has 136 valence electrons. The third-order valence-electron chi connectivity index (χ3n) is 5.04. The summed E-state index contributed by atoms with van der Waals surface area (Å²) in [5.74, 6) is 0.816. The molecule has 0 aliphatic carbocycles. The van der Waals surface area contributed by atoms with Crippen LogP contribution in [0.5, 0.6) is 0 Å². The molecule has 1 N–H and O–H groups in total. The van der Waals surface area contributed by atoms with Crippen LogP contribution in [0.25, 0.3) is 11.0 Å². The van der Waals surface area contributed by atoms with Gasteiger partial charge < -0.3 is 14.8 Å². The smallest absolute Gasteiger partial charge is 0.272 e. The summed E-state index contributed by atoms with van der Waals surface area (Å²) < 4.78 is 3.71. The number of hydrogen-bond acceptors (Lipinski definition) is 5. The highest BCUT2D eigenvalue weighted by atomic mass is 16.2. The second-order valence-electron chi connectivity index (χ2n) is 6.91. The van der Waals surface area contributed by atoms with Gasteiger partial charge in [-0.1, -0.05) is 0 Å². The van der Waals surface area contributed by atoms with E-state index in [-0.39, 0.29) is 11.9 Å². The minimum atomic E-state index is -0.118. The van der Waals surface area contributed by atoms with Crippen LogP contribution in [-0.2, 0) is 14.1 Å². The van der Waals surface area contributed by atoms with E-state index in [4.69, 9.17) is 0 Å². The number of hydrogen-bond donors (Lipinski definition) is 1. The number of amides is 1. The number of aromatic nitrogens is 5. The maximum Gasteiger partial charge on any atom is 0.272 e. The number of nitrogens with zero attached hydrogens (tertiary/aromatic N) is 6. The standard InChI is InChI=1S/C18H23N7O/c1-12-9-15(22-24(12)3)18(26)21-13-5-4-7-25(10-13)17-14-6-8-23(2)16(14)19-11-20-17/h6,8-9,11,13H,4-5,7,10H2,1-3H3,(H,21,26). The van der Waals surface area contributed by atoms with Gasteiger partial charge in [0.1, 0.15) is 23.5 Å². The number of nitrogens with one attached hydrogen (secondary N) is 1. The highest BCUT2D eigenvalue weighted by Crippen LogP contribution is 2.26. The molecule has 4 rings (SSSR count). The number of piperidine rings is 1. The number of carbonyl (C=O) groups excluding carboxylic acids is 1. The molecule has 1 atom stereocenters. The Balaban J connectivity index is 1.51. The van der Waals surface area contributed by atoms with Gasteiger partial charge in [-0.2, -0.15) is 5.10 Å². The molecule has 26 heavy (non-hydrogen) atoms. The Morgan fingerprint density at radius 2 is 2.15 bits per heavy atom. The van der Waals surface area contributed by atoms with Gasteiger partial charge in [0.25, 0.3) is 5.91 Å². The summed E-state index contributed by atoms with van der Waals surface area (Å²) >= 11 is 0. The molecule has 0 bridgehead atoms. The van der Waals surface area contributed by atoms with Gasteiger partial charge in [0.15, 0.2) is 0 Å². The van der Waals surface area contributed by atoms with Crippen molar-refractivity contribution in [3.05, 3.63) is 36.0 Å². The van der Waals surface area contributed by atoms with Gasteiger partial charge in [-0.05, 0) is 31.9 Å². The Labute approximate surface area is 151 Å². The van der Waals surface area contributed by atoms with Crippen LogP contribution in [0.15, 0.2) is 24.7 Å². The third kappa shape index (κ3) is 2.91. The summed E-state index contributed by atoms with van der Waals surface area (Å²) in [4.78, 5) is 23.6. The first-order chi connectivity index (χ1) is 12.5. The quantitative estimate of drug-likeness (QED) is 0.770. The van der Waals surface area contributed by atoms with Crippen molar-refractivity contribution in [1.29, 1.82) is 0 Å². The normalized spacial score (nSPS) is 17.7. The fourth-order valence-electron chi connectivity index (χ4n) is 3.53. The summed E-state index contributed by atoms with van der Waals surface area (Å²) in [6.45, 7) is 3.60. The monoisotopic (exact) mass is 353 g/mol. The average Bonchev–Trinajstić information content (AvgIpc) is 3.18. The van der Waals surface area contributed by atoms with E-state index >= 15 is 0 Å². The van der Waals surface area contributed by atoms with E-state index in [9.17, 15) is 4.79 Å². The molecule has 3 aromatic heterocycles. The van der Waals surface area contributed by atoms with E-state index in [1.54, 1.807) is 11.0 Å². The van der Waals surface area contributed by atoms with Gasteiger partial charge in [0, 0.05) is 45.1 Å². The van der Waals surface area contributed by atoms with Gasteiger partial charge >= 0.3 is 0 Å². The number of aryl methyl sites for hydroxylation is 3. The molecule has 0 aromatic carbocycles. The number of rotatable bonds is 3. The summed E-state index contributed by atoms with van der Waals surface area (Å²) in [6, 6.07) is 3.93. The lowest BCUT2D eigenvalue weighted by molar-refractivity contribution is 0.0927. The average molecular weight is 353 g/mol. The SMILES string of the molecule is Cc1cc(C(=O)NC2CCCN(c3ncnc4c3ccn4C)C2)nn1C. The van der Waals surface area contributed by atoms with E-state index in [1.165, 1.54) is 0 Å². The molecule has 1 saturated heterocycles. The second kappa shape index (κ2) is 6.44. The van der Waals surface area contributed by atoms with Crippen molar-refractivity contribution in [1.82, 2.24) is 29.6 Å². The van der Waals surface area contributed by atoms with Crippen molar-refractivity contribution in [2.45, 2.75) is 25.8 Å². The molecule has 1 aliphatic rings. The zero-order valence-electron chi connectivity index (χ0n) is 15.3. The van der Waals surface area contributed by atoms with Crippen LogP contribution in [0.4, 0.5) is 5.82 Å². The maximum atomic E-state index is 12.5. The molecular formula is C18H23N7O. The van der Waals surface area contributed by atoms with E-state index in [0.29, 0.717) is 5.69 Å². The lowest BCUT2D eigenvalue weighted by Gasteiger charge is -2.34. The van der Waals surface area contributed by atoms with Crippen molar-refractivity contribution in [3.8, 4) is 0 Å². The fourth-order valence-corrected chi connectivity index (χ4v) is 3.53. The molecule has 1 amide bonds. The van der Waals surface area contributed by atoms with Crippen molar-refractivity contribution in [2.24, 2.45) is 14.1 Å². The lowest BCUT2D eigenvalue weighted by Crippen LogP contribution is -2.48. The zero-order valence-corrected chi connectivity index (χ0v) is 15.3. The molecule has 1 fully saturated rings. The molecule has 4 heterocycles. The number of fused-ring (bicyclic) bond motifs is 1. The van der Waals surface area contributed by atoms with Crippen LogP contribution in [0, 0.1) is 6.92 Å². The van der Waals surface area contributed by atoms with Crippen LogP contribution < -0.4 is 10.2 Å². The summed E-state index contributed by atoms with van der Waals surface area (Å²) in [6.07, 6.45) is 5.56. The van der Waals surface area contributed by atoms with Crippen molar-refractivity contribution < 1.29 is 4.79 Å². The van der Waals surface area contributed by atoms with Gasteiger partial charge in [-0.3, -0.25) is 9.48 Å². The number of carbonyl (C=O) groups is 1. The van der Waals surface area contributed by atoms with E-state index in [2.05, 4.69) is 25.3 Å². The first-order valence-corrected chi connectivity index (χ1v) is 8.85. The van der Waals surface area contributed by atoms with Gasteiger partial charge in [-0.25, -0.2) is 9.97 Å². The largest absolute Gasteiger partial charge is 0.354 e. The Kier molecular flexibility index (Phi) is 4.10. The van der Waals surface area contributed by atoms with E-state index < -0.39 is 0 Å². The summed E-state index contributed by atoms with van der Waals surface area (Å²) in [7, 11) is 3.82. The molecule has 0 radical (unpaired) electrons. The van der Waals surface area contributed by atoms with Crippen LogP contribution in [0.1, 0.15) is 29.0 Å². The Bertz CT molecular complexity index is 938. The molecule has 1 aliphatic heterocycles. The molecule has 3 aromatic rings. The fraction of sp³-hybridized carbons (Fsp3) is 0.444. The van der Waals surface area contributed by atoms with Crippen molar-refractivity contribution >= 4 is 22.8 Å². The summed E-state index contributed by atoms with van der Waals surface area (Å²) in [5, 5.41) is 8.43. The minimum absolute atomic E-state index is 0.0762. The molecule has 8 nitrogen and oxygen atoms in total. The molecule has 8 heteroatoms. The highest BCUT2D eigenvalue weighted by Gasteiger charge is 2.25. The third-order valence-corrected chi connectivity index (χ3v) is 5.04. The van der Waals surface area contributed by atoms with Crippen LogP contribution in [-0.4, -0.2) is 49.4 Å². The molecular weight excluding hydrogens is 330 g/mol. The number of anilines is 1. The highest BCUT2D eigenvalue weighted by molar-refractivity contribution is 5.92. The maximum absolute atomic E-state index is 12.5.